The number of ether oxygens (including phenoxy) is 1. The van der Waals surface area contributed by atoms with Crippen LogP contribution in [-0.4, -0.2) is 36.2 Å². The lowest BCUT2D eigenvalue weighted by Crippen LogP contribution is -2.50. The maximum absolute atomic E-state index is 9.75. The smallest absolute Gasteiger partial charge is 0.136 e. The minimum atomic E-state index is -0.748. The Kier molecular flexibility index (Phi) is 4.46. The largest absolute Gasteiger partial charge is 0.379 e. The zero-order valence-electron chi connectivity index (χ0n) is 10.7. The van der Waals surface area contributed by atoms with Gasteiger partial charge in [0.1, 0.15) is 5.54 Å². The zero-order valence-corrected chi connectivity index (χ0v) is 10.7. The van der Waals surface area contributed by atoms with Gasteiger partial charge in [0.05, 0.1) is 25.4 Å². The molecule has 1 fully saturated rings. The van der Waals surface area contributed by atoms with Crippen molar-refractivity contribution >= 4 is 0 Å². The van der Waals surface area contributed by atoms with Gasteiger partial charge < -0.3 is 4.74 Å². The van der Waals surface area contributed by atoms with E-state index in [2.05, 4.69) is 22.0 Å². The molecule has 1 aliphatic heterocycles. The molecule has 5 nitrogen and oxygen atoms in total. The molecule has 19 heavy (non-hydrogen) atoms. The molecule has 0 aliphatic carbocycles. The topological polar surface area (TPSA) is 72.9 Å². The Morgan fingerprint density at radius 3 is 2.53 bits per heavy atom. The van der Waals surface area contributed by atoms with Gasteiger partial charge in [-0.3, -0.25) is 9.88 Å². The summed E-state index contributed by atoms with van der Waals surface area (Å²) < 4.78 is 5.35. The predicted octanol–water partition coefficient (Wildman–Crippen LogP) is 1.44. The third-order valence-electron chi connectivity index (χ3n) is 3.49. The van der Waals surface area contributed by atoms with Crippen molar-refractivity contribution in [2.45, 2.75) is 18.4 Å². The van der Waals surface area contributed by atoms with E-state index in [-0.39, 0.29) is 0 Å². The van der Waals surface area contributed by atoms with Crippen molar-refractivity contribution in [1.29, 1.82) is 10.5 Å². The average Bonchev–Trinajstić information content (AvgIpc) is 2.51. The number of hydrogen-bond acceptors (Lipinski definition) is 5. The zero-order chi connectivity index (χ0) is 13.6. The van der Waals surface area contributed by atoms with Crippen molar-refractivity contribution < 1.29 is 4.74 Å². The Hall–Kier alpha value is -1.95. The van der Waals surface area contributed by atoms with E-state index >= 15 is 0 Å². The molecule has 1 saturated heterocycles. The van der Waals surface area contributed by atoms with E-state index in [0.29, 0.717) is 39.1 Å². The molecular formula is C14H16N4O. The minimum Gasteiger partial charge on any atom is -0.379 e. The predicted molar refractivity (Wildman–Crippen MR) is 68.8 cm³/mol. The highest BCUT2D eigenvalue weighted by molar-refractivity contribution is 5.30. The molecule has 0 aromatic carbocycles. The van der Waals surface area contributed by atoms with Crippen LogP contribution in [0.2, 0.25) is 0 Å². The molecule has 0 bridgehead atoms. The Morgan fingerprint density at radius 2 is 1.95 bits per heavy atom. The fourth-order valence-corrected chi connectivity index (χ4v) is 2.49. The summed E-state index contributed by atoms with van der Waals surface area (Å²) in [6, 6.07) is 8.28. The molecule has 1 aromatic heterocycles. The molecule has 0 saturated carbocycles. The summed E-state index contributed by atoms with van der Waals surface area (Å²) in [5.74, 6) is 0. The second kappa shape index (κ2) is 6.29. The number of hydrogen-bond donors (Lipinski definition) is 0. The van der Waals surface area contributed by atoms with Gasteiger partial charge in [0.25, 0.3) is 0 Å². The molecular weight excluding hydrogens is 240 g/mol. The lowest BCUT2D eigenvalue weighted by molar-refractivity contribution is -0.00748. The Morgan fingerprint density at radius 1 is 1.26 bits per heavy atom. The normalized spacial score (nSPS) is 19.1. The Labute approximate surface area is 113 Å². The van der Waals surface area contributed by atoms with Crippen molar-refractivity contribution in [3.8, 4) is 12.1 Å². The number of nitriles is 2. The van der Waals surface area contributed by atoms with Gasteiger partial charge in [-0.05, 0) is 24.1 Å². The third kappa shape index (κ3) is 2.73. The molecule has 0 radical (unpaired) electrons. The van der Waals surface area contributed by atoms with Gasteiger partial charge in [0, 0.05) is 31.9 Å². The average molecular weight is 256 g/mol. The highest BCUT2D eigenvalue weighted by Crippen LogP contribution is 2.33. The molecule has 1 aliphatic rings. The van der Waals surface area contributed by atoms with Crippen molar-refractivity contribution in [3.05, 3.63) is 30.1 Å². The van der Waals surface area contributed by atoms with Crippen LogP contribution >= 0.6 is 0 Å². The fraction of sp³-hybridized carbons (Fsp3) is 0.500. The van der Waals surface area contributed by atoms with Crippen LogP contribution in [0.15, 0.2) is 24.5 Å². The fourth-order valence-electron chi connectivity index (χ4n) is 2.49. The molecule has 2 heterocycles. The molecule has 0 spiro atoms. The van der Waals surface area contributed by atoms with Crippen LogP contribution in [0.4, 0.5) is 0 Å². The maximum atomic E-state index is 9.75. The van der Waals surface area contributed by atoms with E-state index in [0.717, 1.165) is 5.56 Å². The molecule has 2 rings (SSSR count). The van der Waals surface area contributed by atoms with Crippen molar-refractivity contribution in [2.24, 2.45) is 0 Å². The Bertz CT molecular complexity index is 484. The summed E-state index contributed by atoms with van der Waals surface area (Å²) in [6.07, 6.45) is 4.24. The molecule has 1 aromatic rings. The van der Waals surface area contributed by atoms with Crippen LogP contribution in [-0.2, 0) is 10.3 Å². The summed E-state index contributed by atoms with van der Waals surface area (Å²) in [7, 11) is 0. The molecule has 5 heteroatoms. The van der Waals surface area contributed by atoms with Crippen LogP contribution in [0.25, 0.3) is 0 Å². The summed E-state index contributed by atoms with van der Waals surface area (Å²) in [6.45, 7) is 2.67. The van der Waals surface area contributed by atoms with Crippen LogP contribution in [0, 0.1) is 22.7 Å². The molecule has 1 atom stereocenters. The van der Waals surface area contributed by atoms with Crippen molar-refractivity contribution in [3.63, 3.8) is 0 Å². The van der Waals surface area contributed by atoms with E-state index in [1.807, 2.05) is 12.1 Å². The van der Waals surface area contributed by atoms with Gasteiger partial charge in [-0.1, -0.05) is 0 Å². The molecule has 0 amide bonds. The number of aromatic nitrogens is 1. The third-order valence-corrected chi connectivity index (χ3v) is 3.49. The van der Waals surface area contributed by atoms with Crippen LogP contribution < -0.4 is 0 Å². The van der Waals surface area contributed by atoms with Crippen molar-refractivity contribution in [1.82, 2.24) is 9.88 Å². The van der Waals surface area contributed by atoms with E-state index in [1.54, 1.807) is 12.4 Å². The van der Waals surface area contributed by atoms with Gasteiger partial charge in [0.2, 0.25) is 0 Å². The highest BCUT2D eigenvalue weighted by Gasteiger charge is 2.39. The minimum absolute atomic E-state index is 0.354. The van der Waals surface area contributed by atoms with Gasteiger partial charge in [-0.2, -0.15) is 10.5 Å². The standard InChI is InChI=1S/C14H16N4O/c15-5-1-4-14(12-16,13-2-6-17-7-3-13)18-8-10-19-11-9-18/h2-3,6-7H,1,4,8-11H2. The number of nitrogens with zero attached hydrogens (tertiary/aromatic N) is 4. The molecule has 1 unspecified atom stereocenters. The van der Waals surface area contributed by atoms with Gasteiger partial charge in [0.15, 0.2) is 0 Å². The second-order valence-electron chi connectivity index (χ2n) is 4.47. The first-order chi connectivity index (χ1) is 9.33. The summed E-state index contributed by atoms with van der Waals surface area (Å²) in [4.78, 5) is 6.12. The number of pyridine rings is 1. The first kappa shape index (κ1) is 13.5. The Balaban J connectivity index is 2.36. The van der Waals surface area contributed by atoms with Gasteiger partial charge in [-0.15, -0.1) is 0 Å². The maximum Gasteiger partial charge on any atom is 0.136 e. The first-order valence-corrected chi connectivity index (χ1v) is 6.35. The monoisotopic (exact) mass is 256 g/mol. The lowest BCUT2D eigenvalue weighted by atomic mass is 9.85. The number of rotatable bonds is 4. The van der Waals surface area contributed by atoms with Gasteiger partial charge in [-0.25, -0.2) is 0 Å². The lowest BCUT2D eigenvalue weighted by Gasteiger charge is -2.40. The van der Waals surface area contributed by atoms with E-state index in [9.17, 15) is 5.26 Å². The van der Waals surface area contributed by atoms with Crippen molar-refractivity contribution in [2.75, 3.05) is 26.3 Å². The quantitative estimate of drug-likeness (QED) is 0.815. The van der Waals surface area contributed by atoms with E-state index in [4.69, 9.17) is 10.00 Å². The molecule has 0 N–H and O–H groups in total. The number of morpholine rings is 1. The van der Waals surface area contributed by atoms with Gasteiger partial charge >= 0.3 is 0 Å². The van der Waals surface area contributed by atoms with E-state index in [1.165, 1.54) is 0 Å². The van der Waals surface area contributed by atoms with Crippen LogP contribution in [0.5, 0.6) is 0 Å². The summed E-state index contributed by atoms with van der Waals surface area (Å²) in [5, 5.41) is 18.6. The SMILES string of the molecule is N#CCCC(C#N)(c1ccncc1)N1CCOCC1. The summed E-state index contributed by atoms with van der Waals surface area (Å²) >= 11 is 0. The van der Waals surface area contributed by atoms with Crippen LogP contribution in [0.1, 0.15) is 18.4 Å². The van der Waals surface area contributed by atoms with Crippen LogP contribution in [0.3, 0.4) is 0 Å². The first-order valence-electron chi connectivity index (χ1n) is 6.35. The second-order valence-corrected chi connectivity index (χ2v) is 4.47. The molecule has 98 valence electrons. The summed E-state index contributed by atoms with van der Waals surface area (Å²) in [5.41, 5.74) is 0.157. The highest BCUT2D eigenvalue weighted by atomic mass is 16.5. The van der Waals surface area contributed by atoms with E-state index < -0.39 is 5.54 Å².